The summed E-state index contributed by atoms with van der Waals surface area (Å²) in [4.78, 5) is 24.9. The highest BCUT2D eigenvalue weighted by molar-refractivity contribution is 6.00. The van der Waals surface area contributed by atoms with Gasteiger partial charge >= 0.3 is 6.03 Å². The average Bonchev–Trinajstić information content (AvgIpc) is 2.03. The number of carbonyl (C=O) groups is 2. The van der Waals surface area contributed by atoms with Gasteiger partial charge in [-0.15, -0.1) is 0 Å². The topological polar surface area (TPSA) is 49.4 Å². The number of rotatable bonds is 1. The van der Waals surface area contributed by atoms with Gasteiger partial charge in [-0.25, -0.2) is 4.79 Å². The van der Waals surface area contributed by atoms with Crippen molar-refractivity contribution in [3.8, 4) is 0 Å². The van der Waals surface area contributed by atoms with Crippen LogP contribution in [-0.2, 0) is 4.79 Å². The van der Waals surface area contributed by atoms with Crippen molar-refractivity contribution in [2.24, 2.45) is 5.41 Å². The van der Waals surface area contributed by atoms with Crippen LogP contribution in [0.3, 0.4) is 0 Å². The van der Waals surface area contributed by atoms with Gasteiger partial charge in [-0.1, -0.05) is 0 Å². The second-order valence-corrected chi connectivity index (χ2v) is 4.80. The van der Waals surface area contributed by atoms with Gasteiger partial charge in [-0.05, 0) is 33.1 Å². The average molecular weight is 196 g/mol. The summed E-state index contributed by atoms with van der Waals surface area (Å²) in [6.07, 6.45) is 3.06. The van der Waals surface area contributed by atoms with E-state index in [2.05, 4.69) is 5.32 Å². The van der Waals surface area contributed by atoms with E-state index in [-0.39, 0.29) is 18.0 Å². The number of imide groups is 1. The highest BCUT2D eigenvalue weighted by atomic mass is 16.2. The van der Waals surface area contributed by atoms with E-state index in [0.717, 1.165) is 19.3 Å². The highest BCUT2D eigenvalue weighted by Crippen LogP contribution is 2.31. The Hall–Kier alpha value is -1.06. The number of urea groups is 1. The standard InChI is InChI=1S/C10H16N2O2/c1-10(2)6-11-9(14)12(8(10)13)7-4-3-5-7/h7H,3-6H2,1-2H3,(H,11,14). The van der Waals surface area contributed by atoms with Crippen molar-refractivity contribution in [3.05, 3.63) is 0 Å². The Kier molecular flexibility index (Phi) is 2.01. The van der Waals surface area contributed by atoms with Gasteiger partial charge in [0.05, 0.1) is 5.41 Å². The van der Waals surface area contributed by atoms with E-state index >= 15 is 0 Å². The number of hydrogen-bond acceptors (Lipinski definition) is 2. The molecule has 0 radical (unpaired) electrons. The highest BCUT2D eigenvalue weighted by Gasteiger charge is 2.44. The minimum atomic E-state index is -0.441. The molecule has 0 unspecified atom stereocenters. The summed E-state index contributed by atoms with van der Waals surface area (Å²) in [6, 6.07) is -0.0545. The zero-order chi connectivity index (χ0) is 10.3. The van der Waals surface area contributed by atoms with Crippen molar-refractivity contribution in [2.75, 3.05) is 6.54 Å². The van der Waals surface area contributed by atoms with Gasteiger partial charge < -0.3 is 5.32 Å². The molecule has 1 aliphatic heterocycles. The lowest BCUT2D eigenvalue weighted by molar-refractivity contribution is -0.142. The van der Waals surface area contributed by atoms with Crippen LogP contribution in [0.25, 0.3) is 0 Å². The lowest BCUT2D eigenvalue weighted by Gasteiger charge is -2.43. The molecular weight excluding hydrogens is 180 g/mol. The molecule has 3 amide bonds. The summed E-state index contributed by atoms with van der Waals surface area (Å²) >= 11 is 0. The van der Waals surface area contributed by atoms with Gasteiger partial charge in [0, 0.05) is 12.6 Å². The molecular formula is C10H16N2O2. The Morgan fingerprint density at radius 3 is 2.50 bits per heavy atom. The Bertz CT molecular complexity index is 282. The summed E-state index contributed by atoms with van der Waals surface area (Å²) in [5.41, 5.74) is -0.441. The van der Waals surface area contributed by atoms with Crippen molar-refractivity contribution >= 4 is 11.9 Å². The van der Waals surface area contributed by atoms with Gasteiger partial charge in [0.1, 0.15) is 0 Å². The summed E-state index contributed by atoms with van der Waals surface area (Å²) in [6.45, 7) is 4.20. The van der Waals surface area contributed by atoms with Crippen molar-refractivity contribution in [1.82, 2.24) is 10.2 Å². The molecule has 1 N–H and O–H groups in total. The summed E-state index contributed by atoms with van der Waals surface area (Å²) in [7, 11) is 0. The van der Waals surface area contributed by atoms with Crippen LogP contribution in [0.2, 0.25) is 0 Å². The van der Waals surface area contributed by atoms with Crippen molar-refractivity contribution in [2.45, 2.75) is 39.2 Å². The molecule has 0 aromatic rings. The lowest BCUT2D eigenvalue weighted by atomic mass is 9.85. The molecule has 1 heterocycles. The van der Waals surface area contributed by atoms with E-state index in [0.29, 0.717) is 6.54 Å². The fourth-order valence-corrected chi connectivity index (χ4v) is 1.85. The fraction of sp³-hybridized carbons (Fsp3) is 0.800. The predicted molar refractivity (Wildman–Crippen MR) is 51.7 cm³/mol. The third-order valence-corrected chi connectivity index (χ3v) is 3.14. The van der Waals surface area contributed by atoms with Gasteiger partial charge in [-0.3, -0.25) is 9.69 Å². The Morgan fingerprint density at radius 1 is 1.36 bits per heavy atom. The van der Waals surface area contributed by atoms with E-state index < -0.39 is 5.41 Å². The Labute approximate surface area is 83.6 Å². The van der Waals surface area contributed by atoms with Gasteiger partial charge in [0.2, 0.25) is 5.91 Å². The first-order chi connectivity index (χ1) is 6.52. The molecule has 1 saturated heterocycles. The van der Waals surface area contributed by atoms with Crippen LogP contribution in [0.5, 0.6) is 0 Å². The largest absolute Gasteiger partial charge is 0.337 e. The normalized spacial score (nSPS) is 27.1. The van der Waals surface area contributed by atoms with Crippen LogP contribution < -0.4 is 5.32 Å². The van der Waals surface area contributed by atoms with E-state index in [1.165, 1.54) is 4.90 Å². The first-order valence-electron chi connectivity index (χ1n) is 5.14. The molecule has 0 aromatic heterocycles. The monoisotopic (exact) mass is 196 g/mol. The maximum Gasteiger partial charge on any atom is 0.324 e. The SMILES string of the molecule is CC1(C)CNC(=O)N(C2CCC2)C1=O. The maximum atomic E-state index is 12.0. The molecule has 1 saturated carbocycles. The number of amides is 3. The molecule has 0 bridgehead atoms. The quantitative estimate of drug-likeness (QED) is 0.683. The van der Waals surface area contributed by atoms with Crippen molar-refractivity contribution in [3.63, 3.8) is 0 Å². The van der Waals surface area contributed by atoms with Gasteiger partial charge in [-0.2, -0.15) is 0 Å². The van der Waals surface area contributed by atoms with Gasteiger partial charge in [0.15, 0.2) is 0 Å². The van der Waals surface area contributed by atoms with Crippen LogP contribution in [0.1, 0.15) is 33.1 Å². The molecule has 2 aliphatic rings. The number of hydrogen-bond donors (Lipinski definition) is 1. The molecule has 4 nitrogen and oxygen atoms in total. The molecule has 0 aromatic carbocycles. The van der Waals surface area contributed by atoms with Crippen LogP contribution in [0, 0.1) is 5.41 Å². The number of nitrogens with one attached hydrogen (secondary N) is 1. The smallest absolute Gasteiger partial charge is 0.324 e. The second kappa shape index (κ2) is 2.97. The van der Waals surface area contributed by atoms with E-state index in [1.807, 2.05) is 13.8 Å². The lowest BCUT2D eigenvalue weighted by Crippen LogP contribution is -2.62. The number of carbonyl (C=O) groups excluding carboxylic acids is 2. The van der Waals surface area contributed by atoms with Crippen LogP contribution in [0.4, 0.5) is 4.79 Å². The predicted octanol–water partition coefficient (Wildman–Crippen LogP) is 1.12. The van der Waals surface area contributed by atoms with E-state index in [1.54, 1.807) is 0 Å². The fourth-order valence-electron chi connectivity index (χ4n) is 1.85. The molecule has 0 spiro atoms. The van der Waals surface area contributed by atoms with E-state index in [4.69, 9.17) is 0 Å². The molecule has 2 rings (SSSR count). The minimum absolute atomic E-state index is 0.0223. The molecule has 78 valence electrons. The number of nitrogens with zero attached hydrogens (tertiary/aromatic N) is 1. The van der Waals surface area contributed by atoms with Crippen molar-refractivity contribution < 1.29 is 9.59 Å². The van der Waals surface area contributed by atoms with Crippen LogP contribution in [0.15, 0.2) is 0 Å². The molecule has 14 heavy (non-hydrogen) atoms. The summed E-state index contributed by atoms with van der Waals surface area (Å²) in [5.74, 6) is -0.0223. The van der Waals surface area contributed by atoms with Crippen molar-refractivity contribution in [1.29, 1.82) is 0 Å². The molecule has 0 atom stereocenters. The zero-order valence-electron chi connectivity index (χ0n) is 8.67. The summed E-state index contributed by atoms with van der Waals surface area (Å²) in [5, 5.41) is 2.77. The second-order valence-electron chi connectivity index (χ2n) is 4.80. The minimum Gasteiger partial charge on any atom is -0.337 e. The Morgan fingerprint density at radius 2 is 2.00 bits per heavy atom. The third kappa shape index (κ3) is 1.29. The zero-order valence-corrected chi connectivity index (χ0v) is 8.67. The van der Waals surface area contributed by atoms with Crippen LogP contribution >= 0.6 is 0 Å². The first kappa shape index (κ1) is 9.49. The third-order valence-electron chi connectivity index (χ3n) is 3.14. The molecule has 1 aliphatic carbocycles. The molecule has 2 fully saturated rings. The first-order valence-corrected chi connectivity index (χ1v) is 5.14. The maximum absolute atomic E-state index is 12.0. The summed E-state index contributed by atoms with van der Waals surface area (Å²) < 4.78 is 0. The van der Waals surface area contributed by atoms with E-state index in [9.17, 15) is 9.59 Å². The van der Waals surface area contributed by atoms with Gasteiger partial charge in [0.25, 0.3) is 0 Å². The molecule has 4 heteroatoms. The van der Waals surface area contributed by atoms with Crippen LogP contribution in [-0.4, -0.2) is 29.4 Å². The Balaban J connectivity index is 2.18.